The molecule has 2 aromatic carbocycles. The van der Waals surface area contributed by atoms with Crippen molar-refractivity contribution in [3.63, 3.8) is 0 Å². The first-order chi connectivity index (χ1) is 10.0. The molecule has 2 unspecified atom stereocenters. The number of benzene rings is 2. The largest absolute Gasteiger partial charge is 0.303 e. The van der Waals surface area contributed by atoms with E-state index in [1.807, 2.05) is 24.3 Å². The van der Waals surface area contributed by atoms with Crippen molar-refractivity contribution in [2.75, 3.05) is 0 Å². The van der Waals surface area contributed by atoms with Crippen LogP contribution >= 0.6 is 34.8 Å². The fraction of sp³-hybridized carbons (Fsp3) is 0.294. The van der Waals surface area contributed by atoms with Crippen molar-refractivity contribution in [2.45, 2.75) is 32.4 Å². The molecule has 1 N–H and O–H groups in total. The van der Waals surface area contributed by atoms with E-state index in [0.29, 0.717) is 10.0 Å². The second-order valence-corrected chi connectivity index (χ2v) is 6.35. The van der Waals surface area contributed by atoms with Crippen LogP contribution in [0.2, 0.25) is 15.1 Å². The molecule has 0 saturated heterocycles. The predicted molar refractivity (Wildman–Crippen MR) is 92.5 cm³/mol. The van der Waals surface area contributed by atoms with Crippen molar-refractivity contribution in [1.82, 2.24) is 5.32 Å². The van der Waals surface area contributed by atoms with Crippen molar-refractivity contribution in [3.8, 4) is 0 Å². The van der Waals surface area contributed by atoms with Crippen LogP contribution in [-0.2, 0) is 0 Å². The summed E-state index contributed by atoms with van der Waals surface area (Å²) < 4.78 is 0. The van der Waals surface area contributed by atoms with Crippen LogP contribution in [0, 0.1) is 0 Å². The van der Waals surface area contributed by atoms with Crippen LogP contribution in [-0.4, -0.2) is 0 Å². The minimum absolute atomic E-state index is 0.135. The zero-order valence-corrected chi connectivity index (χ0v) is 14.3. The Kier molecular flexibility index (Phi) is 5.95. The van der Waals surface area contributed by atoms with Gasteiger partial charge in [-0.05, 0) is 48.7 Å². The lowest BCUT2D eigenvalue weighted by molar-refractivity contribution is 0.456. The van der Waals surface area contributed by atoms with E-state index in [1.165, 1.54) is 5.56 Å². The first kappa shape index (κ1) is 16.6. The van der Waals surface area contributed by atoms with Gasteiger partial charge in [-0.3, -0.25) is 0 Å². The molecule has 0 saturated carbocycles. The van der Waals surface area contributed by atoms with Crippen molar-refractivity contribution in [3.05, 3.63) is 68.7 Å². The SMILES string of the molecule is CCC(NC(C)c1ccc(Cl)cc1Cl)c1ccc(Cl)cc1. The molecule has 0 radical (unpaired) electrons. The predicted octanol–water partition coefficient (Wildman–Crippen LogP) is 6.45. The highest BCUT2D eigenvalue weighted by Crippen LogP contribution is 2.29. The molecule has 0 aliphatic rings. The Bertz CT molecular complexity index is 595. The number of hydrogen-bond acceptors (Lipinski definition) is 1. The van der Waals surface area contributed by atoms with E-state index in [-0.39, 0.29) is 12.1 Å². The second kappa shape index (κ2) is 7.51. The molecule has 0 aliphatic heterocycles. The lowest BCUT2D eigenvalue weighted by Gasteiger charge is -2.24. The molecule has 4 heteroatoms. The van der Waals surface area contributed by atoms with Gasteiger partial charge in [-0.2, -0.15) is 0 Å². The second-order valence-electron chi connectivity index (χ2n) is 5.07. The third-order valence-corrected chi connectivity index (χ3v) is 4.38. The van der Waals surface area contributed by atoms with Gasteiger partial charge >= 0.3 is 0 Å². The summed E-state index contributed by atoms with van der Waals surface area (Å²) in [6.45, 7) is 4.26. The van der Waals surface area contributed by atoms with E-state index in [9.17, 15) is 0 Å². The van der Waals surface area contributed by atoms with Crippen LogP contribution in [0.5, 0.6) is 0 Å². The number of nitrogens with one attached hydrogen (secondary N) is 1. The summed E-state index contributed by atoms with van der Waals surface area (Å²) in [4.78, 5) is 0. The van der Waals surface area contributed by atoms with E-state index in [2.05, 4.69) is 31.3 Å². The Morgan fingerprint density at radius 1 is 0.952 bits per heavy atom. The average Bonchev–Trinajstić information content (AvgIpc) is 2.45. The zero-order valence-electron chi connectivity index (χ0n) is 12.0. The van der Waals surface area contributed by atoms with Crippen LogP contribution in [0.15, 0.2) is 42.5 Å². The fourth-order valence-electron chi connectivity index (χ4n) is 2.39. The molecule has 0 heterocycles. The molecule has 0 aromatic heterocycles. The molecular weight excluding hydrogens is 325 g/mol. The van der Waals surface area contributed by atoms with Gasteiger partial charge in [-0.25, -0.2) is 0 Å². The van der Waals surface area contributed by atoms with Crippen LogP contribution in [0.25, 0.3) is 0 Å². The summed E-state index contributed by atoms with van der Waals surface area (Å²) in [6, 6.07) is 13.9. The third-order valence-electron chi connectivity index (χ3n) is 3.56. The van der Waals surface area contributed by atoms with Crippen molar-refractivity contribution < 1.29 is 0 Å². The quantitative estimate of drug-likeness (QED) is 0.658. The standard InChI is InChI=1S/C17H18Cl3N/c1-3-17(12-4-6-13(18)7-5-12)21-11(2)15-9-8-14(19)10-16(15)20/h4-11,17,21H,3H2,1-2H3. The molecular formula is C17H18Cl3N. The van der Waals surface area contributed by atoms with E-state index >= 15 is 0 Å². The lowest BCUT2D eigenvalue weighted by Crippen LogP contribution is -2.24. The van der Waals surface area contributed by atoms with Gasteiger partial charge in [0, 0.05) is 27.2 Å². The lowest BCUT2D eigenvalue weighted by atomic mass is 10.0. The first-order valence-electron chi connectivity index (χ1n) is 6.97. The summed E-state index contributed by atoms with van der Waals surface area (Å²) >= 11 is 18.2. The summed E-state index contributed by atoms with van der Waals surface area (Å²) in [5.41, 5.74) is 2.27. The third kappa shape index (κ3) is 4.37. The molecule has 2 atom stereocenters. The van der Waals surface area contributed by atoms with Gasteiger partial charge in [-0.1, -0.05) is 59.9 Å². The molecule has 1 nitrogen and oxygen atoms in total. The first-order valence-corrected chi connectivity index (χ1v) is 8.11. The molecule has 2 aromatic rings. The minimum atomic E-state index is 0.135. The molecule has 0 spiro atoms. The molecule has 112 valence electrons. The van der Waals surface area contributed by atoms with Crippen molar-refractivity contribution in [1.29, 1.82) is 0 Å². The summed E-state index contributed by atoms with van der Waals surface area (Å²) in [5, 5.41) is 5.70. The number of halogens is 3. The Labute approximate surface area is 141 Å². The van der Waals surface area contributed by atoms with E-state index < -0.39 is 0 Å². The van der Waals surface area contributed by atoms with Crippen molar-refractivity contribution >= 4 is 34.8 Å². The molecule has 2 rings (SSSR count). The maximum Gasteiger partial charge on any atom is 0.0468 e. The number of hydrogen-bond donors (Lipinski definition) is 1. The summed E-state index contributed by atoms with van der Waals surface area (Å²) in [6.07, 6.45) is 0.983. The Morgan fingerprint density at radius 2 is 1.57 bits per heavy atom. The van der Waals surface area contributed by atoms with Gasteiger partial charge in [0.15, 0.2) is 0 Å². The highest BCUT2D eigenvalue weighted by molar-refractivity contribution is 6.35. The van der Waals surface area contributed by atoms with Gasteiger partial charge in [0.2, 0.25) is 0 Å². The maximum atomic E-state index is 6.28. The Balaban J connectivity index is 2.15. The molecule has 0 aliphatic carbocycles. The summed E-state index contributed by atoms with van der Waals surface area (Å²) in [7, 11) is 0. The van der Waals surface area contributed by atoms with Crippen molar-refractivity contribution in [2.24, 2.45) is 0 Å². The fourth-order valence-corrected chi connectivity index (χ4v) is 3.09. The highest BCUT2D eigenvalue weighted by Gasteiger charge is 2.16. The highest BCUT2D eigenvalue weighted by atomic mass is 35.5. The van der Waals surface area contributed by atoms with Crippen LogP contribution in [0.1, 0.15) is 43.5 Å². The monoisotopic (exact) mass is 341 g/mol. The van der Waals surface area contributed by atoms with Gasteiger partial charge in [0.25, 0.3) is 0 Å². The smallest absolute Gasteiger partial charge is 0.0468 e. The van der Waals surface area contributed by atoms with Crippen LogP contribution < -0.4 is 5.32 Å². The van der Waals surface area contributed by atoms with E-state index in [1.54, 1.807) is 6.07 Å². The van der Waals surface area contributed by atoms with Gasteiger partial charge in [-0.15, -0.1) is 0 Å². The Morgan fingerprint density at radius 3 is 2.14 bits per heavy atom. The van der Waals surface area contributed by atoms with E-state index in [4.69, 9.17) is 34.8 Å². The summed E-state index contributed by atoms with van der Waals surface area (Å²) in [5.74, 6) is 0. The molecule has 0 bridgehead atoms. The Hall–Kier alpha value is -0.730. The number of rotatable bonds is 5. The zero-order chi connectivity index (χ0) is 15.4. The minimum Gasteiger partial charge on any atom is -0.303 e. The van der Waals surface area contributed by atoms with Crippen LogP contribution in [0.4, 0.5) is 0 Å². The topological polar surface area (TPSA) is 12.0 Å². The van der Waals surface area contributed by atoms with Gasteiger partial charge < -0.3 is 5.32 Å². The van der Waals surface area contributed by atoms with E-state index in [0.717, 1.165) is 17.0 Å². The van der Waals surface area contributed by atoms with Gasteiger partial charge in [0.05, 0.1) is 0 Å². The molecule has 0 fully saturated rings. The van der Waals surface area contributed by atoms with Crippen LogP contribution in [0.3, 0.4) is 0 Å². The van der Waals surface area contributed by atoms with Gasteiger partial charge in [0.1, 0.15) is 0 Å². The average molecular weight is 343 g/mol. The normalized spacial score (nSPS) is 14.0. The molecule has 0 amide bonds. The molecule has 21 heavy (non-hydrogen) atoms. The maximum absolute atomic E-state index is 6.28.